The lowest BCUT2D eigenvalue weighted by Crippen LogP contribution is -2.40. The quantitative estimate of drug-likeness (QED) is 0.807. The monoisotopic (exact) mass is 355 g/mol. The summed E-state index contributed by atoms with van der Waals surface area (Å²) < 4.78 is 14.2. The highest BCUT2D eigenvalue weighted by Gasteiger charge is 2.32. The van der Waals surface area contributed by atoms with Crippen molar-refractivity contribution in [3.8, 4) is 0 Å². The van der Waals surface area contributed by atoms with Crippen LogP contribution in [0.4, 0.5) is 15.8 Å². The summed E-state index contributed by atoms with van der Waals surface area (Å²) >= 11 is 0. The molecule has 4 nitrogen and oxygen atoms in total. The van der Waals surface area contributed by atoms with E-state index in [1.807, 2.05) is 42.2 Å². The van der Waals surface area contributed by atoms with E-state index < -0.39 is 0 Å². The second-order valence-corrected chi connectivity index (χ2v) is 6.82. The van der Waals surface area contributed by atoms with Crippen LogP contribution < -0.4 is 16.0 Å². The maximum Gasteiger partial charge on any atom is 0.227 e. The third kappa shape index (κ3) is 3.98. The Balaban J connectivity index is 1.74. The summed E-state index contributed by atoms with van der Waals surface area (Å²) in [7, 11) is 0. The number of likely N-dealkylation sites (N-methyl/N-ethyl adjacent to an activating group) is 1. The molecule has 26 heavy (non-hydrogen) atoms. The van der Waals surface area contributed by atoms with Crippen LogP contribution in [0.5, 0.6) is 0 Å². The lowest BCUT2D eigenvalue weighted by molar-refractivity contribution is -0.123. The summed E-state index contributed by atoms with van der Waals surface area (Å²) in [4.78, 5) is 14.7. The molecule has 0 aromatic heterocycles. The number of nitrogens with two attached hydrogens (primary N) is 1. The maximum atomic E-state index is 14.2. The van der Waals surface area contributed by atoms with E-state index in [4.69, 9.17) is 5.73 Å². The molecule has 5 heteroatoms. The molecular formula is C21H26FN3O. The third-order valence-electron chi connectivity index (χ3n) is 5.12. The van der Waals surface area contributed by atoms with Gasteiger partial charge in [-0.3, -0.25) is 4.79 Å². The number of nitrogen functional groups attached to an aromatic ring is 1. The Labute approximate surface area is 154 Å². The molecule has 1 heterocycles. The number of carbonyl (C=O) groups is 1. The first-order chi connectivity index (χ1) is 12.6. The van der Waals surface area contributed by atoms with Gasteiger partial charge in [0.25, 0.3) is 0 Å². The van der Waals surface area contributed by atoms with Gasteiger partial charge >= 0.3 is 0 Å². The van der Waals surface area contributed by atoms with Crippen LogP contribution in [0, 0.1) is 11.7 Å². The van der Waals surface area contributed by atoms with Crippen molar-refractivity contribution in [2.24, 2.45) is 5.92 Å². The van der Waals surface area contributed by atoms with Crippen LogP contribution in [0.1, 0.15) is 31.2 Å². The van der Waals surface area contributed by atoms with E-state index in [-0.39, 0.29) is 23.6 Å². The minimum atomic E-state index is -0.285. The Bertz CT molecular complexity index is 742. The number of carbonyl (C=O) groups excluding carboxylic acids is 1. The molecule has 2 aromatic carbocycles. The van der Waals surface area contributed by atoms with Crippen molar-refractivity contribution in [1.29, 1.82) is 0 Å². The second-order valence-electron chi connectivity index (χ2n) is 6.82. The molecule has 1 unspecified atom stereocenters. The Morgan fingerprint density at radius 1 is 1.23 bits per heavy atom. The SMILES string of the molecule is CCNC(=O)C(c1ccccc1)C1CCN(c2ccc(N)cc2F)CC1. The van der Waals surface area contributed by atoms with Crippen molar-refractivity contribution in [2.75, 3.05) is 30.3 Å². The van der Waals surface area contributed by atoms with Gasteiger partial charge in [0.15, 0.2) is 0 Å². The number of amides is 1. The Morgan fingerprint density at radius 2 is 1.92 bits per heavy atom. The van der Waals surface area contributed by atoms with Gasteiger partial charge in [0.1, 0.15) is 5.82 Å². The van der Waals surface area contributed by atoms with Crippen LogP contribution in [-0.2, 0) is 4.79 Å². The van der Waals surface area contributed by atoms with Crippen LogP contribution in [0.3, 0.4) is 0 Å². The number of hydrogen-bond donors (Lipinski definition) is 2. The number of nitrogens with zero attached hydrogens (tertiary/aromatic N) is 1. The predicted molar refractivity (Wildman–Crippen MR) is 104 cm³/mol. The molecule has 138 valence electrons. The van der Waals surface area contributed by atoms with Crippen LogP contribution in [0.2, 0.25) is 0 Å². The van der Waals surface area contributed by atoms with Crippen LogP contribution in [-0.4, -0.2) is 25.5 Å². The summed E-state index contributed by atoms with van der Waals surface area (Å²) in [5.41, 5.74) is 7.72. The highest BCUT2D eigenvalue weighted by Crippen LogP contribution is 2.35. The number of piperidine rings is 1. The van der Waals surface area contributed by atoms with Crippen molar-refractivity contribution >= 4 is 17.3 Å². The molecule has 0 radical (unpaired) electrons. The fourth-order valence-corrected chi connectivity index (χ4v) is 3.84. The van der Waals surface area contributed by atoms with Crippen LogP contribution >= 0.6 is 0 Å². The van der Waals surface area contributed by atoms with E-state index in [0.29, 0.717) is 17.9 Å². The molecule has 0 aliphatic carbocycles. The normalized spacial score (nSPS) is 16.3. The summed E-state index contributed by atoms with van der Waals surface area (Å²) in [6.45, 7) is 4.02. The highest BCUT2D eigenvalue weighted by atomic mass is 19.1. The Kier molecular flexibility index (Phi) is 5.76. The molecule has 0 saturated carbocycles. The average Bonchev–Trinajstić information content (AvgIpc) is 2.64. The van der Waals surface area contributed by atoms with Crippen molar-refractivity contribution in [2.45, 2.75) is 25.7 Å². The summed E-state index contributed by atoms with van der Waals surface area (Å²) in [5.74, 6) is -0.116. The minimum absolute atomic E-state index is 0.0795. The van der Waals surface area contributed by atoms with Crippen molar-refractivity contribution in [1.82, 2.24) is 5.32 Å². The van der Waals surface area contributed by atoms with E-state index in [0.717, 1.165) is 31.5 Å². The fourth-order valence-electron chi connectivity index (χ4n) is 3.84. The summed E-state index contributed by atoms with van der Waals surface area (Å²) in [5, 5.41) is 2.97. The molecule has 3 N–H and O–H groups in total. The zero-order valence-corrected chi connectivity index (χ0v) is 15.1. The number of benzene rings is 2. The Morgan fingerprint density at radius 3 is 2.54 bits per heavy atom. The van der Waals surface area contributed by atoms with E-state index in [1.165, 1.54) is 6.07 Å². The molecule has 3 rings (SSSR count). The molecule has 1 aliphatic heterocycles. The van der Waals surface area contributed by atoms with Crippen LogP contribution in [0.15, 0.2) is 48.5 Å². The van der Waals surface area contributed by atoms with Crippen molar-refractivity contribution in [3.63, 3.8) is 0 Å². The molecular weight excluding hydrogens is 329 g/mol. The summed E-state index contributed by atoms with van der Waals surface area (Å²) in [6.07, 6.45) is 1.70. The maximum absolute atomic E-state index is 14.2. The van der Waals surface area contributed by atoms with E-state index in [9.17, 15) is 9.18 Å². The largest absolute Gasteiger partial charge is 0.399 e. The number of halogens is 1. The molecule has 0 spiro atoms. The van der Waals surface area contributed by atoms with Gasteiger partial charge in [0.05, 0.1) is 11.6 Å². The van der Waals surface area contributed by atoms with Gasteiger partial charge in [0.2, 0.25) is 5.91 Å². The number of rotatable bonds is 5. The van der Waals surface area contributed by atoms with Crippen LogP contribution in [0.25, 0.3) is 0 Å². The van der Waals surface area contributed by atoms with Gasteiger partial charge in [-0.15, -0.1) is 0 Å². The van der Waals surface area contributed by atoms with E-state index in [2.05, 4.69) is 5.32 Å². The fraction of sp³-hybridized carbons (Fsp3) is 0.381. The van der Waals surface area contributed by atoms with Gasteiger partial charge < -0.3 is 16.0 Å². The third-order valence-corrected chi connectivity index (χ3v) is 5.12. The first-order valence-electron chi connectivity index (χ1n) is 9.22. The van der Waals surface area contributed by atoms with Gasteiger partial charge in [-0.25, -0.2) is 4.39 Å². The van der Waals surface area contributed by atoms with Crippen molar-refractivity contribution in [3.05, 3.63) is 59.9 Å². The first-order valence-corrected chi connectivity index (χ1v) is 9.22. The average molecular weight is 355 g/mol. The lowest BCUT2D eigenvalue weighted by atomic mass is 9.79. The van der Waals surface area contributed by atoms with Gasteiger partial charge in [-0.1, -0.05) is 30.3 Å². The van der Waals surface area contributed by atoms with E-state index in [1.54, 1.807) is 12.1 Å². The lowest BCUT2D eigenvalue weighted by Gasteiger charge is -2.37. The number of nitrogens with one attached hydrogen (secondary N) is 1. The van der Waals surface area contributed by atoms with Crippen molar-refractivity contribution < 1.29 is 9.18 Å². The standard InChI is InChI=1S/C21H26FN3O/c1-2-24-21(26)20(15-6-4-3-5-7-15)16-10-12-25(13-11-16)19-9-8-17(23)14-18(19)22/h3-9,14,16,20H,2,10-13,23H2,1H3,(H,24,26). The predicted octanol–water partition coefficient (Wildman–Crippen LogP) is 3.54. The molecule has 1 atom stereocenters. The number of hydrogen-bond acceptors (Lipinski definition) is 3. The summed E-state index contributed by atoms with van der Waals surface area (Å²) in [6, 6.07) is 14.8. The smallest absolute Gasteiger partial charge is 0.227 e. The number of anilines is 2. The van der Waals surface area contributed by atoms with Gasteiger partial charge in [0, 0.05) is 25.3 Å². The molecule has 1 saturated heterocycles. The molecule has 0 bridgehead atoms. The molecule has 1 amide bonds. The zero-order chi connectivity index (χ0) is 18.5. The Hall–Kier alpha value is -2.56. The highest BCUT2D eigenvalue weighted by molar-refractivity contribution is 5.84. The van der Waals surface area contributed by atoms with Gasteiger partial charge in [-0.05, 0) is 49.4 Å². The van der Waals surface area contributed by atoms with E-state index >= 15 is 0 Å². The van der Waals surface area contributed by atoms with Gasteiger partial charge in [-0.2, -0.15) is 0 Å². The topological polar surface area (TPSA) is 58.4 Å². The molecule has 1 aliphatic rings. The second kappa shape index (κ2) is 8.21. The minimum Gasteiger partial charge on any atom is -0.399 e. The molecule has 1 fully saturated rings. The molecule has 2 aromatic rings. The first kappa shape index (κ1) is 18.2. The zero-order valence-electron chi connectivity index (χ0n) is 15.1.